The number of hydrogen-bond donors (Lipinski definition) is 2. The Morgan fingerprint density at radius 2 is 2.15 bits per heavy atom. The van der Waals surface area contributed by atoms with Crippen LogP contribution in [0.15, 0.2) is 24.3 Å². The van der Waals surface area contributed by atoms with Crippen LogP contribution in [0, 0.1) is 0 Å². The predicted octanol–water partition coefficient (Wildman–Crippen LogP) is 0.517. The smallest absolute Gasteiger partial charge is 0.213 e. The van der Waals surface area contributed by atoms with Gasteiger partial charge < -0.3 is 5.32 Å². The minimum Gasteiger partial charge on any atom is -0.388 e. The van der Waals surface area contributed by atoms with E-state index in [4.69, 9.17) is 5.14 Å². The fourth-order valence-electron chi connectivity index (χ4n) is 1.05. The second-order valence-electron chi connectivity index (χ2n) is 2.76. The van der Waals surface area contributed by atoms with Crippen molar-refractivity contribution in [2.24, 2.45) is 5.14 Å². The van der Waals surface area contributed by atoms with E-state index in [1.807, 2.05) is 6.07 Å². The summed E-state index contributed by atoms with van der Waals surface area (Å²) in [4.78, 5) is 0. The molecule has 0 atom stereocenters. The van der Waals surface area contributed by atoms with Gasteiger partial charge in [-0.1, -0.05) is 12.1 Å². The van der Waals surface area contributed by atoms with Gasteiger partial charge in [0.15, 0.2) is 0 Å². The Labute approximate surface area is 77.8 Å². The maximum atomic E-state index is 10.8. The van der Waals surface area contributed by atoms with Crippen molar-refractivity contribution in [3.05, 3.63) is 29.8 Å². The standard InChI is InChI=1S/C8H12N2O2S/c1-10-8-4-2-3-7(5-8)6-13(9,11)12/h2-5,10H,6H2,1H3,(H2,9,11,12). The van der Waals surface area contributed by atoms with E-state index in [-0.39, 0.29) is 5.75 Å². The molecule has 0 heterocycles. The SMILES string of the molecule is CNc1cccc(CS(N)(=O)=O)c1. The first kappa shape index (κ1) is 10.0. The third kappa shape index (κ3) is 3.43. The van der Waals surface area contributed by atoms with Crippen LogP contribution in [-0.2, 0) is 15.8 Å². The van der Waals surface area contributed by atoms with E-state index in [0.717, 1.165) is 5.69 Å². The zero-order chi connectivity index (χ0) is 9.90. The van der Waals surface area contributed by atoms with Gasteiger partial charge in [-0.25, -0.2) is 13.6 Å². The zero-order valence-corrected chi connectivity index (χ0v) is 8.14. The molecule has 1 aromatic rings. The normalized spacial score (nSPS) is 11.2. The molecule has 0 amide bonds. The van der Waals surface area contributed by atoms with E-state index in [9.17, 15) is 8.42 Å². The van der Waals surface area contributed by atoms with Crippen LogP contribution in [0.2, 0.25) is 0 Å². The second kappa shape index (κ2) is 3.76. The molecule has 4 nitrogen and oxygen atoms in total. The van der Waals surface area contributed by atoms with Gasteiger partial charge in [-0.15, -0.1) is 0 Å². The number of hydrogen-bond acceptors (Lipinski definition) is 3. The van der Waals surface area contributed by atoms with E-state index >= 15 is 0 Å². The molecule has 0 aliphatic rings. The molecule has 0 aliphatic heterocycles. The lowest BCUT2D eigenvalue weighted by Crippen LogP contribution is -2.14. The number of nitrogens with one attached hydrogen (secondary N) is 1. The highest BCUT2D eigenvalue weighted by molar-refractivity contribution is 7.88. The van der Waals surface area contributed by atoms with Gasteiger partial charge in [-0.05, 0) is 17.7 Å². The molecule has 13 heavy (non-hydrogen) atoms. The van der Waals surface area contributed by atoms with Crippen molar-refractivity contribution < 1.29 is 8.42 Å². The first-order valence-electron chi connectivity index (χ1n) is 3.78. The molecular formula is C8H12N2O2S. The Hall–Kier alpha value is -1.07. The number of rotatable bonds is 3. The molecule has 0 aromatic heterocycles. The molecule has 72 valence electrons. The van der Waals surface area contributed by atoms with Gasteiger partial charge in [0.25, 0.3) is 0 Å². The van der Waals surface area contributed by atoms with Crippen LogP contribution in [0.3, 0.4) is 0 Å². The van der Waals surface area contributed by atoms with Crippen LogP contribution in [-0.4, -0.2) is 15.5 Å². The van der Waals surface area contributed by atoms with Gasteiger partial charge in [0.05, 0.1) is 5.75 Å². The molecule has 0 aliphatic carbocycles. The van der Waals surface area contributed by atoms with Gasteiger partial charge in [0, 0.05) is 12.7 Å². The van der Waals surface area contributed by atoms with Gasteiger partial charge in [0.2, 0.25) is 10.0 Å². The predicted molar refractivity (Wildman–Crippen MR) is 52.8 cm³/mol. The van der Waals surface area contributed by atoms with Crippen LogP contribution < -0.4 is 10.5 Å². The summed E-state index contributed by atoms with van der Waals surface area (Å²) in [7, 11) is -1.66. The number of anilines is 1. The molecule has 0 saturated heterocycles. The lowest BCUT2D eigenvalue weighted by atomic mass is 10.2. The summed E-state index contributed by atoms with van der Waals surface area (Å²) >= 11 is 0. The summed E-state index contributed by atoms with van der Waals surface area (Å²) in [5, 5.41) is 7.83. The Bertz CT molecular complexity index is 387. The second-order valence-corrected chi connectivity index (χ2v) is 4.37. The van der Waals surface area contributed by atoms with Gasteiger partial charge >= 0.3 is 0 Å². The first-order valence-corrected chi connectivity index (χ1v) is 5.50. The Morgan fingerprint density at radius 1 is 1.46 bits per heavy atom. The molecule has 1 rings (SSSR count). The van der Waals surface area contributed by atoms with Crippen LogP contribution in [0.5, 0.6) is 0 Å². The molecule has 0 radical (unpaired) electrons. The van der Waals surface area contributed by atoms with Gasteiger partial charge in [0.1, 0.15) is 0 Å². The third-order valence-corrected chi connectivity index (χ3v) is 2.32. The number of primary sulfonamides is 1. The fraction of sp³-hybridized carbons (Fsp3) is 0.250. The van der Waals surface area contributed by atoms with E-state index in [0.29, 0.717) is 5.56 Å². The number of benzene rings is 1. The summed E-state index contributed by atoms with van der Waals surface area (Å²) < 4.78 is 21.5. The summed E-state index contributed by atoms with van der Waals surface area (Å²) in [5.41, 5.74) is 1.57. The van der Waals surface area contributed by atoms with Crippen molar-refractivity contribution in [2.75, 3.05) is 12.4 Å². The molecular weight excluding hydrogens is 188 g/mol. The summed E-state index contributed by atoms with van der Waals surface area (Å²) in [6.07, 6.45) is 0. The largest absolute Gasteiger partial charge is 0.388 e. The van der Waals surface area contributed by atoms with Crippen molar-refractivity contribution in [1.29, 1.82) is 0 Å². The van der Waals surface area contributed by atoms with Crippen LogP contribution in [0.4, 0.5) is 5.69 Å². The lowest BCUT2D eigenvalue weighted by molar-refractivity contribution is 0.597. The number of sulfonamides is 1. The first-order chi connectivity index (χ1) is 6.01. The van der Waals surface area contributed by atoms with Crippen molar-refractivity contribution >= 4 is 15.7 Å². The highest BCUT2D eigenvalue weighted by Gasteiger charge is 2.04. The maximum absolute atomic E-state index is 10.8. The molecule has 0 spiro atoms. The molecule has 1 aromatic carbocycles. The monoisotopic (exact) mass is 200 g/mol. The van der Waals surface area contributed by atoms with Gasteiger partial charge in [-0.3, -0.25) is 0 Å². The van der Waals surface area contributed by atoms with Crippen LogP contribution in [0.25, 0.3) is 0 Å². The molecule has 0 bridgehead atoms. The summed E-state index contributed by atoms with van der Waals surface area (Å²) in [6.45, 7) is 0. The molecule has 3 N–H and O–H groups in total. The Balaban J connectivity index is 2.90. The molecule has 5 heteroatoms. The van der Waals surface area contributed by atoms with Gasteiger partial charge in [-0.2, -0.15) is 0 Å². The Kier molecular flexibility index (Phi) is 2.90. The van der Waals surface area contributed by atoms with E-state index in [1.54, 1.807) is 25.2 Å². The van der Waals surface area contributed by atoms with E-state index in [2.05, 4.69) is 5.32 Å². The van der Waals surface area contributed by atoms with Crippen LogP contribution >= 0.6 is 0 Å². The van der Waals surface area contributed by atoms with Crippen LogP contribution in [0.1, 0.15) is 5.56 Å². The highest BCUT2D eigenvalue weighted by Crippen LogP contribution is 2.11. The fourth-order valence-corrected chi connectivity index (χ4v) is 1.69. The molecule has 0 fully saturated rings. The van der Waals surface area contributed by atoms with E-state index < -0.39 is 10.0 Å². The molecule has 0 saturated carbocycles. The van der Waals surface area contributed by atoms with Crippen molar-refractivity contribution in [3.8, 4) is 0 Å². The third-order valence-electron chi connectivity index (χ3n) is 1.58. The van der Waals surface area contributed by atoms with Crippen molar-refractivity contribution in [1.82, 2.24) is 0 Å². The van der Waals surface area contributed by atoms with Crippen molar-refractivity contribution in [3.63, 3.8) is 0 Å². The average Bonchev–Trinajstić information content (AvgIpc) is 2.01. The van der Waals surface area contributed by atoms with E-state index in [1.165, 1.54) is 0 Å². The molecule has 0 unspecified atom stereocenters. The zero-order valence-electron chi connectivity index (χ0n) is 7.32. The van der Waals surface area contributed by atoms with Crippen molar-refractivity contribution in [2.45, 2.75) is 5.75 Å². The quantitative estimate of drug-likeness (QED) is 0.747. The lowest BCUT2D eigenvalue weighted by Gasteiger charge is -2.02. The topological polar surface area (TPSA) is 72.2 Å². The minimum atomic E-state index is -3.43. The maximum Gasteiger partial charge on any atom is 0.213 e. The highest BCUT2D eigenvalue weighted by atomic mass is 32.2. The average molecular weight is 200 g/mol. The number of nitrogens with two attached hydrogens (primary N) is 1. The summed E-state index contributed by atoms with van der Waals surface area (Å²) in [5.74, 6) is -0.123. The Morgan fingerprint density at radius 3 is 2.69 bits per heavy atom. The minimum absolute atomic E-state index is 0.123. The summed E-state index contributed by atoms with van der Waals surface area (Å²) in [6, 6.07) is 7.12.